The number of rotatable bonds is 8. The van der Waals surface area contributed by atoms with Crippen molar-refractivity contribution in [2.75, 3.05) is 25.1 Å². The van der Waals surface area contributed by atoms with Crippen LogP contribution in [0.15, 0.2) is 42.5 Å². The first kappa shape index (κ1) is 22.8. The zero-order valence-corrected chi connectivity index (χ0v) is 19.4. The van der Waals surface area contributed by atoms with Crippen LogP contribution < -0.4 is 4.74 Å². The molecule has 1 saturated heterocycles. The fourth-order valence-corrected chi connectivity index (χ4v) is 5.21. The lowest BCUT2D eigenvalue weighted by Gasteiger charge is -2.32. The quantitative estimate of drug-likeness (QED) is 0.621. The Morgan fingerprint density at radius 2 is 1.73 bits per heavy atom. The summed E-state index contributed by atoms with van der Waals surface area (Å²) < 4.78 is 28.8. The highest BCUT2D eigenvalue weighted by Crippen LogP contribution is 2.29. The lowest BCUT2D eigenvalue weighted by Crippen LogP contribution is -2.32. The summed E-state index contributed by atoms with van der Waals surface area (Å²) in [4.78, 5) is 7.20. The molecule has 2 aromatic rings. The number of piperidine rings is 1. The van der Waals surface area contributed by atoms with Crippen LogP contribution in [0.3, 0.4) is 0 Å². The highest BCUT2D eigenvalue weighted by molar-refractivity contribution is 7.90. The highest BCUT2D eigenvalue weighted by Gasteiger charge is 2.22. The first-order chi connectivity index (χ1) is 14.2. The Morgan fingerprint density at radius 3 is 2.33 bits per heavy atom. The zero-order chi connectivity index (χ0) is 21.7. The first-order valence-corrected chi connectivity index (χ1v) is 12.9. The second-order valence-corrected chi connectivity index (χ2v) is 11.0. The van der Waals surface area contributed by atoms with Crippen LogP contribution in [0.5, 0.6) is 5.88 Å². The lowest BCUT2D eigenvalue weighted by molar-refractivity contribution is 0.201. The van der Waals surface area contributed by atoms with Crippen molar-refractivity contribution in [2.45, 2.75) is 58.1 Å². The van der Waals surface area contributed by atoms with Gasteiger partial charge < -0.3 is 4.74 Å². The molecule has 1 aliphatic heterocycles. The molecular weight excluding hydrogens is 396 g/mol. The number of aromatic nitrogens is 1. The van der Waals surface area contributed by atoms with Crippen LogP contribution in [0.2, 0.25) is 0 Å². The number of nitrogens with zero attached hydrogens (tertiary/aromatic N) is 2. The van der Waals surface area contributed by atoms with Crippen molar-refractivity contribution in [1.82, 2.24) is 9.88 Å². The Kier molecular flexibility index (Phi) is 7.53. The largest absolute Gasteiger partial charge is 0.475 e. The molecule has 6 heteroatoms. The highest BCUT2D eigenvalue weighted by atomic mass is 32.2. The predicted octanol–water partition coefficient (Wildman–Crippen LogP) is 4.40. The van der Waals surface area contributed by atoms with Gasteiger partial charge >= 0.3 is 0 Å². The fourth-order valence-electron chi connectivity index (χ4n) is 4.11. The Bertz CT molecular complexity index is 918. The van der Waals surface area contributed by atoms with Gasteiger partial charge in [-0.05, 0) is 62.9 Å². The number of hydrogen-bond acceptors (Lipinski definition) is 5. The van der Waals surface area contributed by atoms with Gasteiger partial charge in [-0.3, -0.25) is 4.90 Å². The summed E-state index contributed by atoms with van der Waals surface area (Å²) in [5, 5.41) is 0. The number of hydrogen-bond donors (Lipinski definition) is 0. The van der Waals surface area contributed by atoms with Crippen molar-refractivity contribution < 1.29 is 13.2 Å². The van der Waals surface area contributed by atoms with Crippen LogP contribution in [-0.4, -0.2) is 49.5 Å². The molecule has 1 aliphatic rings. The van der Waals surface area contributed by atoms with E-state index in [0.717, 1.165) is 49.6 Å². The number of likely N-dealkylation sites (tertiary alicyclic amines) is 1. The van der Waals surface area contributed by atoms with Gasteiger partial charge in [0.05, 0.1) is 11.9 Å². The van der Waals surface area contributed by atoms with E-state index in [1.54, 1.807) is 0 Å². The number of pyridine rings is 1. The van der Waals surface area contributed by atoms with E-state index in [9.17, 15) is 8.42 Å². The SMILES string of the molecule is CC(C)Oc1cccc(C2CCN(Cc3ccc([C@@H](C)CS(C)(=O)=O)cc3)CC2)n1. The molecule has 0 aliphatic carbocycles. The van der Waals surface area contributed by atoms with E-state index in [1.807, 2.05) is 32.9 Å². The molecule has 1 aromatic heterocycles. The smallest absolute Gasteiger partial charge is 0.213 e. The lowest BCUT2D eigenvalue weighted by atomic mass is 9.92. The molecule has 3 rings (SSSR count). The van der Waals surface area contributed by atoms with Crippen molar-refractivity contribution in [2.24, 2.45) is 0 Å². The molecule has 2 heterocycles. The average Bonchev–Trinajstić information content (AvgIpc) is 2.67. The number of ether oxygens (including phenoxy) is 1. The van der Waals surface area contributed by atoms with E-state index in [4.69, 9.17) is 9.72 Å². The van der Waals surface area contributed by atoms with Crippen molar-refractivity contribution in [3.05, 3.63) is 59.3 Å². The Hall–Kier alpha value is -1.92. The average molecular weight is 431 g/mol. The summed E-state index contributed by atoms with van der Waals surface area (Å²) in [5.41, 5.74) is 3.49. The van der Waals surface area contributed by atoms with Gasteiger partial charge in [-0.25, -0.2) is 13.4 Å². The topological polar surface area (TPSA) is 59.5 Å². The Labute approximate surface area is 181 Å². The maximum absolute atomic E-state index is 11.5. The standard InChI is InChI=1S/C24H34N2O3S/c1-18(2)29-24-7-5-6-23(25-24)22-12-14-26(15-13-22)16-20-8-10-21(11-9-20)19(3)17-30(4,27)28/h5-11,18-19,22H,12-17H2,1-4H3/t19-/m0/s1. The maximum Gasteiger partial charge on any atom is 0.213 e. The van der Waals surface area contributed by atoms with Gasteiger partial charge in [0.1, 0.15) is 9.84 Å². The van der Waals surface area contributed by atoms with E-state index in [0.29, 0.717) is 5.92 Å². The molecule has 1 aromatic carbocycles. The van der Waals surface area contributed by atoms with Gasteiger partial charge in [0.2, 0.25) is 5.88 Å². The summed E-state index contributed by atoms with van der Waals surface area (Å²) in [6.07, 6.45) is 3.63. The normalized spacial score (nSPS) is 17.2. The second kappa shape index (κ2) is 9.92. The number of sulfone groups is 1. The molecule has 0 spiro atoms. The van der Waals surface area contributed by atoms with Crippen molar-refractivity contribution >= 4 is 9.84 Å². The predicted molar refractivity (Wildman–Crippen MR) is 122 cm³/mol. The molecule has 5 nitrogen and oxygen atoms in total. The third kappa shape index (κ3) is 6.81. The molecule has 164 valence electrons. The van der Waals surface area contributed by atoms with E-state index < -0.39 is 9.84 Å². The molecule has 0 N–H and O–H groups in total. The monoisotopic (exact) mass is 430 g/mol. The third-order valence-corrected chi connectivity index (χ3v) is 6.72. The minimum Gasteiger partial charge on any atom is -0.475 e. The van der Waals surface area contributed by atoms with E-state index in [1.165, 1.54) is 11.8 Å². The van der Waals surface area contributed by atoms with Crippen LogP contribution in [0, 0.1) is 0 Å². The molecular formula is C24H34N2O3S. The summed E-state index contributed by atoms with van der Waals surface area (Å²) in [5.74, 6) is 1.41. The van der Waals surface area contributed by atoms with Gasteiger partial charge in [0.25, 0.3) is 0 Å². The van der Waals surface area contributed by atoms with E-state index in [-0.39, 0.29) is 17.8 Å². The summed E-state index contributed by atoms with van der Waals surface area (Å²) in [7, 11) is -2.96. The molecule has 0 saturated carbocycles. The second-order valence-electron chi connectivity index (χ2n) is 8.85. The van der Waals surface area contributed by atoms with Crippen molar-refractivity contribution in [3.63, 3.8) is 0 Å². The molecule has 0 unspecified atom stereocenters. The van der Waals surface area contributed by atoms with Crippen molar-refractivity contribution in [1.29, 1.82) is 0 Å². The molecule has 1 fully saturated rings. The van der Waals surface area contributed by atoms with Gasteiger partial charge in [0.15, 0.2) is 0 Å². The van der Waals surface area contributed by atoms with Crippen LogP contribution in [0.4, 0.5) is 0 Å². The first-order valence-electron chi connectivity index (χ1n) is 10.8. The van der Waals surface area contributed by atoms with Gasteiger partial charge in [-0.15, -0.1) is 0 Å². The van der Waals surface area contributed by atoms with Gasteiger partial charge in [0, 0.05) is 30.5 Å². The van der Waals surface area contributed by atoms with Gasteiger partial charge in [-0.1, -0.05) is 37.3 Å². The minimum atomic E-state index is -2.96. The summed E-state index contributed by atoms with van der Waals surface area (Å²) >= 11 is 0. The zero-order valence-electron chi connectivity index (χ0n) is 18.5. The van der Waals surface area contributed by atoms with Crippen LogP contribution in [0.1, 0.15) is 62.3 Å². The van der Waals surface area contributed by atoms with E-state index in [2.05, 4.69) is 35.2 Å². The third-order valence-electron chi connectivity index (χ3n) is 5.62. The number of benzene rings is 1. The molecule has 0 radical (unpaired) electrons. The summed E-state index contributed by atoms with van der Waals surface area (Å²) in [6, 6.07) is 14.5. The Morgan fingerprint density at radius 1 is 1.07 bits per heavy atom. The molecule has 0 bridgehead atoms. The molecule has 1 atom stereocenters. The molecule has 0 amide bonds. The van der Waals surface area contributed by atoms with Crippen LogP contribution in [-0.2, 0) is 16.4 Å². The Balaban J connectivity index is 1.52. The molecule has 30 heavy (non-hydrogen) atoms. The van der Waals surface area contributed by atoms with Crippen LogP contribution in [0.25, 0.3) is 0 Å². The summed E-state index contributed by atoms with van der Waals surface area (Å²) in [6.45, 7) is 9.03. The van der Waals surface area contributed by atoms with Crippen molar-refractivity contribution in [3.8, 4) is 5.88 Å². The van der Waals surface area contributed by atoms with E-state index >= 15 is 0 Å². The van der Waals surface area contributed by atoms with Gasteiger partial charge in [-0.2, -0.15) is 0 Å². The fraction of sp³-hybridized carbons (Fsp3) is 0.542. The minimum absolute atomic E-state index is 0.0210. The maximum atomic E-state index is 11.5. The van der Waals surface area contributed by atoms with Crippen LogP contribution >= 0.6 is 0 Å².